The smallest absolute Gasteiger partial charge is 0.297 e. The van der Waals surface area contributed by atoms with Gasteiger partial charge in [-0.1, -0.05) is 37.3 Å². The van der Waals surface area contributed by atoms with Gasteiger partial charge in [-0.15, -0.1) is 0 Å². The molecule has 0 aliphatic rings. The number of rotatable bonds is 9. The predicted molar refractivity (Wildman–Crippen MR) is 135 cm³/mol. The number of amides is 1. The molecule has 3 aromatic carbocycles. The largest absolute Gasteiger partial charge is 0.322 e. The molecule has 9 nitrogen and oxygen atoms in total. The molecule has 0 radical (unpaired) electrons. The van der Waals surface area contributed by atoms with Crippen molar-refractivity contribution in [3.05, 3.63) is 82.9 Å². The number of carbonyl (C=O) groups is 2. The zero-order chi connectivity index (χ0) is 26.7. The second kappa shape index (κ2) is 10.7. The third-order valence-corrected chi connectivity index (χ3v) is 7.40. The number of hydrogen-bond acceptors (Lipinski definition) is 7. The van der Waals surface area contributed by atoms with E-state index in [0.29, 0.717) is 17.5 Å². The Balaban J connectivity index is 2.04. The van der Waals surface area contributed by atoms with Crippen LogP contribution in [0, 0.1) is 6.92 Å². The Morgan fingerprint density at radius 1 is 0.889 bits per heavy atom. The van der Waals surface area contributed by atoms with E-state index in [9.17, 15) is 31.0 Å². The van der Waals surface area contributed by atoms with Crippen molar-refractivity contribution in [2.75, 3.05) is 12.4 Å². The number of carbonyl (C=O) groups excluding carboxylic acids is 2. The summed E-state index contributed by atoms with van der Waals surface area (Å²) >= 11 is 0. The first kappa shape index (κ1) is 27.2. The minimum absolute atomic E-state index is 0.0571. The molecule has 0 unspecified atom stereocenters. The molecule has 0 fully saturated rings. The van der Waals surface area contributed by atoms with Gasteiger partial charge in [0.25, 0.3) is 26.1 Å². The molecule has 3 aromatic rings. The number of aryl methyl sites for hydroxylation is 1. The van der Waals surface area contributed by atoms with E-state index in [4.69, 9.17) is 0 Å². The number of hydrogen-bond donors (Lipinski definition) is 2. The van der Waals surface area contributed by atoms with Gasteiger partial charge in [0, 0.05) is 28.8 Å². The second-order valence-corrected chi connectivity index (χ2v) is 11.2. The Kier molecular flexibility index (Phi) is 8.09. The van der Waals surface area contributed by atoms with E-state index in [1.54, 1.807) is 32.0 Å². The van der Waals surface area contributed by atoms with Crippen LogP contribution in [-0.2, 0) is 30.2 Å². The van der Waals surface area contributed by atoms with Gasteiger partial charge in [-0.05, 0) is 53.9 Å². The van der Waals surface area contributed by atoms with Gasteiger partial charge in [-0.2, -0.15) is 16.8 Å². The molecule has 3 rings (SSSR count). The maximum atomic E-state index is 12.7. The van der Waals surface area contributed by atoms with E-state index in [-0.39, 0.29) is 38.6 Å². The molecule has 2 N–H and O–H groups in total. The van der Waals surface area contributed by atoms with E-state index in [1.807, 2.05) is 0 Å². The molecule has 0 heterocycles. The third kappa shape index (κ3) is 6.43. The van der Waals surface area contributed by atoms with Gasteiger partial charge < -0.3 is 5.32 Å². The molecule has 36 heavy (non-hydrogen) atoms. The maximum Gasteiger partial charge on any atom is 0.297 e. The van der Waals surface area contributed by atoms with Crippen molar-refractivity contribution in [2.45, 2.75) is 30.9 Å². The van der Waals surface area contributed by atoms with Crippen LogP contribution in [0.15, 0.2) is 65.6 Å². The molecular weight excluding hydrogens is 506 g/mol. The predicted octanol–water partition coefficient (Wildman–Crippen LogP) is 4.23. The number of ketones is 1. The molecule has 0 aromatic heterocycles. The van der Waals surface area contributed by atoms with Crippen molar-refractivity contribution in [3.63, 3.8) is 0 Å². The summed E-state index contributed by atoms with van der Waals surface area (Å²) < 4.78 is 62.7. The molecule has 0 spiro atoms. The zero-order valence-corrected chi connectivity index (χ0v) is 21.4. The van der Waals surface area contributed by atoms with Gasteiger partial charge in [0.05, 0.1) is 7.11 Å². The lowest BCUT2D eigenvalue weighted by atomic mass is 9.98. The van der Waals surface area contributed by atoms with Crippen LogP contribution < -0.4 is 5.32 Å². The average molecular weight is 532 g/mol. The van der Waals surface area contributed by atoms with E-state index < -0.39 is 31.9 Å². The van der Waals surface area contributed by atoms with E-state index in [2.05, 4.69) is 9.50 Å². The maximum absolute atomic E-state index is 12.7. The highest BCUT2D eigenvalue weighted by atomic mass is 32.2. The summed E-state index contributed by atoms with van der Waals surface area (Å²) in [5.41, 5.74) is 2.08. The van der Waals surface area contributed by atoms with Crippen LogP contribution in [0.1, 0.15) is 45.2 Å². The first-order chi connectivity index (χ1) is 16.8. The fourth-order valence-corrected chi connectivity index (χ4v) is 5.20. The van der Waals surface area contributed by atoms with Crippen molar-refractivity contribution in [3.8, 4) is 11.1 Å². The van der Waals surface area contributed by atoms with Crippen LogP contribution in [0.3, 0.4) is 0 Å². The highest BCUT2D eigenvalue weighted by molar-refractivity contribution is 7.87. The van der Waals surface area contributed by atoms with Gasteiger partial charge >= 0.3 is 0 Å². The first-order valence-electron chi connectivity index (χ1n) is 10.8. The average Bonchev–Trinajstić information content (AvgIpc) is 2.83. The van der Waals surface area contributed by atoms with Crippen LogP contribution >= 0.6 is 0 Å². The van der Waals surface area contributed by atoms with Crippen LogP contribution in [0.5, 0.6) is 0 Å². The normalized spacial score (nSPS) is 11.8. The van der Waals surface area contributed by atoms with E-state index in [1.165, 1.54) is 42.5 Å². The van der Waals surface area contributed by atoms with Crippen molar-refractivity contribution in [1.82, 2.24) is 0 Å². The Hall–Kier alpha value is -3.38. The Morgan fingerprint density at radius 2 is 1.50 bits per heavy atom. The number of anilines is 1. The highest BCUT2D eigenvalue weighted by Crippen LogP contribution is 2.34. The van der Waals surface area contributed by atoms with Crippen molar-refractivity contribution in [2.24, 2.45) is 0 Å². The first-order valence-corrected chi connectivity index (χ1v) is 13.8. The van der Waals surface area contributed by atoms with Gasteiger partial charge in [0.1, 0.15) is 10.6 Å². The quantitative estimate of drug-likeness (QED) is 0.237. The lowest BCUT2D eigenvalue weighted by Crippen LogP contribution is -2.13. The summed E-state index contributed by atoms with van der Waals surface area (Å²) in [4.78, 5) is 24.3. The summed E-state index contributed by atoms with van der Waals surface area (Å²) in [7, 11) is -7.63. The number of Topliss-reactive ketones (excluding diaryl/α,β-unsaturated/α-hetero) is 1. The minimum Gasteiger partial charge on any atom is -0.322 e. The monoisotopic (exact) mass is 531 g/mol. The molecule has 0 aliphatic heterocycles. The van der Waals surface area contributed by atoms with Gasteiger partial charge in [-0.25, -0.2) is 0 Å². The summed E-state index contributed by atoms with van der Waals surface area (Å²) in [5, 5.41) is 2.65. The van der Waals surface area contributed by atoms with Crippen LogP contribution in [0.4, 0.5) is 5.69 Å². The molecule has 11 heteroatoms. The molecule has 0 saturated heterocycles. The summed E-state index contributed by atoms with van der Waals surface area (Å²) in [6.45, 7) is 3.43. The van der Waals surface area contributed by atoms with Crippen molar-refractivity contribution in [1.29, 1.82) is 0 Å². The minimum atomic E-state index is -4.51. The Labute approximate surface area is 210 Å². The molecule has 0 bridgehead atoms. The molecule has 190 valence electrons. The SMILES string of the molecule is CCC(=O)c1ccc(C(=O)Nc2ccc(-c3ccc(C)cc3S(=O)(=O)OC)c(CS(=O)(=O)O)c2)cc1. The van der Waals surface area contributed by atoms with Crippen molar-refractivity contribution >= 4 is 37.6 Å². The summed E-state index contributed by atoms with van der Waals surface area (Å²) in [6, 6.07) is 14.9. The van der Waals surface area contributed by atoms with Crippen LogP contribution in [-0.4, -0.2) is 40.2 Å². The summed E-state index contributed by atoms with van der Waals surface area (Å²) in [5.74, 6) is -1.38. The number of benzene rings is 3. The fourth-order valence-electron chi connectivity index (χ4n) is 3.61. The standard InChI is InChI=1S/C25H25NO8S2/c1-4-23(27)17-6-8-18(9-7-17)25(28)26-20-10-12-21(19(14-20)15-35(29,30)31)22-11-5-16(2)13-24(22)36(32,33)34-3/h5-14H,4,15H2,1-3H3,(H,26,28)(H,29,30,31). The highest BCUT2D eigenvalue weighted by Gasteiger charge is 2.23. The van der Waals surface area contributed by atoms with E-state index >= 15 is 0 Å². The lowest BCUT2D eigenvalue weighted by Gasteiger charge is -2.16. The van der Waals surface area contributed by atoms with Gasteiger partial charge in [-0.3, -0.25) is 18.3 Å². The number of nitrogens with one attached hydrogen (secondary N) is 1. The van der Waals surface area contributed by atoms with Gasteiger partial charge in [0.2, 0.25) is 0 Å². The Morgan fingerprint density at radius 3 is 2.08 bits per heavy atom. The molecular formula is C25H25NO8S2. The molecule has 0 saturated carbocycles. The van der Waals surface area contributed by atoms with Crippen molar-refractivity contribution < 1.29 is 35.2 Å². The lowest BCUT2D eigenvalue weighted by molar-refractivity contribution is 0.0984. The summed E-state index contributed by atoms with van der Waals surface area (Å²) in [6.07, 6.45) is 0.336. The molecule has 1 amide bonds. The van der Waals surface area contributed by atoms with Gasteiger partial charge in [0.15, 0.2) is 5.78 Å². The topological polar surface area (TPSA) is 144 Å². The third-order valence-electron chi connectivity index (χ3n) is 5.41. The van der Waals surface area contributed by atoms with E-state index in [0.717, 1.165) is 7.11 Å². The van der Waals surface area contributed by atoms with Crippen LogP contribution in [0.25, 0.3) is 11.1 Å². The second-order valence-electron chi connectivity index (χ2n) is 8.03. The van der Waals surface area contributed by atoms with Crippen LogP contribution in [0.2, 0.25) is 0 Å². The zero-order valence-electron chi connectivity index (χ0n) is 19.8. The molecule has 0 aliphatic carbocycles. The Bertz CT molecular complexity index is 1530. The fraction of sp³-hybridized carbons (Fsp3) is 0.200. The molecule has 0 atom stereocenters.